The molecular formula is C6H15ClN2OS. The summed E-state index contributed by atoms with van der Waals surface area (Å²) in [4.78, 5) is 9.95. The first kappa shape index (κ1) is 13.8. The summed E-state index contributed by atoms with van der Waals surface area (Å²) in [6, 6.07) is 0. The van der Waals surface area contributed by atoms with Crippen LogP contribution in [0.2, 0.25) is 0 Å². The summed E-state index contributed by atoms with van der Waals surface area (Å²) in [5.74, 6) is 0. The number of nitrogens with zero attached hydrogens (tertiary/aromatic N) is 1. The number of halogens is 1. The Morgan fingerprint density at radius 1 is 1.45 bits per heavy atom. The highest BCUT2D eigenvalue weighted by atomic mass is 35.5. The van der Waals surface area contributed by atoms with E-state index in [2.05, 4.69) is 4.58 Å². The van der Waals surface area contributed by atoms with Crippen LogP contribution in [0.25, 0.3) is 0 Å². The molecule has 0 amide bonds. The Hall–Kier alpha value is 0.200. The fourth-order valence-corrected chi connectivity index (χ4v) is 1.27. The molecule has 0 bridgehead atoms. The lowest BCUT2D eigenvalue weighted by molar-refractivity contribution is 0.558. The van der Waals surface area contributed by atoms with E-state index in [0.717, 1.165) is 24.8 Å². The molecule has 0 aromatic carbocycles. The van der Waals surface area contributed by atoms with Crippen LogP contribution in [-0.4, -0.2) is 11.3 Å². The highest BCUT2D eigenvalue weighted by Gasteiger charge is 2.25. The Morgan fingerprint density at radius 2 is 1.91 bits per heavy atom. The van der Waals surface area contributed by atoms with Crippen molar-refractivity contribution >= 4 is 24.4 Å². The van der Waals surface area contributed by atoms with Crippen LogP contribution >= 0.6 is 24.4 Å². The van der Waals surface area contributed by atoms with Gasteiger partial charge in [0.05, 0.1) is 4.75 Å². The van der Waals surface area contributed by atoms with Crippen molar-refractivity contribution in [2.45, 2.75) is 31.4 Å². The Balaban J connectivity index is 0. The van der Waals surface area contributed by atoms with Gasteiger partial charge in [-0.3, -0.25) is 0 Å². The van der Waals surface area contributed by atoms with Crippen molar-refractivity contribution in [3.63, 3.8) is 0 Å². The molecule has 0 aliphatic carbocycles. The molecule has 0 heterocycles. The average molecular weight is 199 g/mol. The molecule has 3 nitrogen and oxygen atoms in total. The van der Waals surface area contributed by atoms with Gasteiger partial charge in [0.15, 0.2) is 0 Å². The largest absolute Gasteiger partial charge is 0.329 e. The van der Waals surface area contributed by atoms with E-state index in [0.29, 0.717) is 6.54 Å². The van der Waals surface area contributed by atoms with Crippen molar-refractivity contribution in [3.8, 4) is 0 Å². The fraction of sp³-hybridized carbons (Fsp3) is 1.00. The molecule has 68 valence electrons. The van der Waals surface area contributed by atoms with Crippen molar-refractivity contribution in [3.05, 3.63) is 4.91 Å². The van der Waals surface area contributed by atoms with E-state index in [9.17, 15) is 4.91 Å². The van der Waals surface area contributed by atoms with Crippen LogP contribution in [0.4, 0.5) is 0 Å². The molecular weight excluding hydrogens is 184 g/mol. The van der Waals surface area contributed by atoms with Crippen molar-refractivity contribution in [2.24, 2.45) is 10.3 Å². The summed E-state index contributed by atoms with van der Waals surface area (Å²) in [5.41, 5.74) is 5.50. The van der Waals surface area contributed by atoms with Crippen LogP contribution in [0.15, 0.2) is 4.58 Å². The summed E-state index contributed by atoms with van der Waals surface area (Å²) >= 11 is 1.07. The second-order valence-electron chi connectivity index (χ2n) is 2.26. The first-order chi connectivity index (χ1) is 4.74. The van der Waals surface area contributed by atoms with Gasteiger partial charge in [0.1, 0.15) is 0 Å². The molecule has 0 saturated carbocycles. The summed E-state index contributed by atoms with van der Waals surface area (Å²) in [7, 11) is 0. The smallest absolute Gasteiger partial charge is 0.0529 e. The Morgan fingerprint density at radius 3 is 2.00 bits per heavy atom. The van der Waals surface area contributed by atoms with Gasteiger partial charge >= 0.3 is 0 Å². The zero-order valence-corrected chi connectivity index (χ0v) is 8.50. The third-order valence-corrected chi connectivity index (χ3v) is 3.10. The molecule has 0 aromatic heterocycles. The van der Waals surface area contributed by atoms with E-state index in [1.807, 2.05) is 13.8 Å². The first-order valence-corrected chi connectivity index (χ1v) is 4.23. The maximum atomic E-state index is 9.95. The molecule has 5 heteroatoms. The Kier molecular flexibility index (Phi) is 8.61. The van der Waals surface area contributed by atoms with E-state index in [1.54, 1.807) is 0 Å². The van der Waals surface area contributed by atoms with Crippen molar-refractivity contribution in [1.82, 2.24) is 0 Å². The van der Waals surface area contributed by atoms with E-state index >= 15 is 0 Å². The zero-order chi connectivity index (χ0) is 8.04. The van der Waals surface area contributed by atoms with Crippen molar-refractivity contribution < 1.29 is 0 Å². The van der Waals surface area contributed by atoms with E-state index in [4.69, 9.17) is 5.73 Å². The number of hydrogen-bond acceptors (Lipinski definition) is 4. The minimum absolute atomic E-state index is 0. The van der Waals surface area contributed by atoms with Crippen molar-refractivity contribution in [1.29, 1.82) is 0 Å². The topological polar surface area (TPSA) is 55.4 Å². The molecule has 0 atom stereocenters. The first-order valence-electron chi connectivity index (χ1n) is 3.45. The second kappa shape index (κ2) is 6.88. The minimum Gasteiger partial charge on any atom is -0.329 e. The fourth-order valence-electron chi connectivity index (χ4n) is 0.784. The zero-order valence-electron chi connectivity index (χ0n) is 6.87. The molecule has 0 rings (SSSR count). The predicted molar refractivity (Wildman–Crippen MR) is 53.0 cm³/mol. The van der Waals surface area contributed by atoms with E-state index in [-0.39, 0.29) is 17.2 Å². The summed E-state index contributed by atoms with van der Waals surface area (Å²) in [6.45, 7) is 4.57. The molecule has 0 radical (unpaired) electrons. The number of rotatable bonds is 5. The molecule has 0 aliphatic heterocycles. The van der Waals surface area contributed by atoms with Crippen LogP contribution in [0.3, 0.4) is 0 Å². The lowest BCUT2D eigenvalue weighted by Gasteiger charge is -2.24. The van der Waals surface area contributed by atoms with Crippen LogP contribution < -0.4 is 5.73 Å². The van der Waals surface area contributed by atoms with Crippen molar-refractivity contribution in [2.75, 3.05) is 6.54 Å². The third-order valence-electron chi connectivity index (χ3n) is 1.89. The number of nitroso groups, excluding NO2 is 1. The van der Waals surface area contributed by atoms with Crippen LogP contribution in [0.1, 0.15) is 26.7 Å². The van der Waals surface area contributed by atoms with Gasteiger partial charge < -0.3 is 5.73 Å². The Labute approximate surface area is 78.0 Å². The molecule has 0 aliphatic rings. The van der Waals surface area contributed by atoms with Gasteiger partial charge in [-0.25, -0.2) is 0 Å². The van der Waals surface area contributed by atoms with Crippen LogP contribution in [0, 0.1) is 4.91 Å². The summed E-state index contributed by atoms with van der Waals surface area (Å²) < 4.78 is 2.70. The highest BCUT2D eigenvalue weighted by Crippen LogP contribution is 2.31. The normalized spacial score (nSPS) is 10.5. The lowest BCUT2D eigenvalue weighted by Crippen LogP contribution is -2.32. The molecule has 0 spiro atoms. The third kappa shape index (κ3) is 3.94. The van der Waals surface area contributed by atoms with Gasteiger partial charge in [0.25, 0.3) is 0 Å². The molecule has 2 N–H and O–H groups in total. The highest BCUT2D eigenvalue weighted by molar-refractivity contribution is 7.99. The number of nitrogens with two attached hydrogens (primary N) is 1. The van der Waals surface area contributed by atoms with Gasteiger partial charge in [0, 0.05) is 23.1 Å². The lowest BCUT2D eigenvalue weighted by atomic mass is 10.0. The van der Waals surface area contributed by atoms with Crippen LogP contribution in [0.5, 0.6) is 0 Å². The van der Waals surface area contributed by atoms with Gasteiger partial charge in [0.2, 0.25) is 0 Å². The summed E-state index contributed by atoms with van der Waals surface area (Å²) in [5, 5.41) is 0. The van der Waals surface area contributed by atoms with Gasteiger partial charge in [-0.05, 0) is 12.8 Å². The van der Waals surface area contributed by atoms with Gasteiger partial charge in [-0.15, -0.1) is 17.3 Å². The predicted octanol–water partition coefficient (Wildman–Crippen LogP) is 2.34. The minimum atomic E-state index is -0.109. The molecule has 0 fully saturated rings. The molecule has 0 unspecified atom stereocenters. The molecule has 11 heavy (non-hydrogen) atoms. The maximum absolute atomic E-state index is 9.95. The van der Waals surface area contributed by atoms with Gasteiger partial charge in [-0.1, -0.05) is 13.8 Å². The second-order valence-corrected chi connectivity index (χ2v) is 3.46. The summed E-state index contributed by atoms with van der Waals surface area (Å²) in [6.07, 6.45) is 1.80. The Bertz CT molecular complexity index is 100. The average Bonchev–Trinajstić information content (AvgIpc) is 2.01. The molecule has 0 saturated heterocycles. The quantitative estimate of drug-likeness (QED) is 0.545. The number of hydrogen-bond donors (Lipinski definition) is 1. The maximum Gasteiger partial charge on any atom is 0.0529 e. The standard InChI is InChI=1S/C6H14N2OS.ClH/c1-3-6(4-2,5-7)10-8-9;/h3-5,7H2,1-2H3;1H. The van der Waals surface area contributed by atoms with E-state index < -0.39 is 0 Å². The molecule has 0 aromatic rings. The monoisotopic (exact) mass is 198 g/mol. The SMILES string of the molecule is CCC(CC)(CN)SN=O.Cl. The van der Waals surface area contributed by atoms with E-state index in [1.165, 1.54) is 0 Å². The van der Waals surface area contributed by atoms with Gasteiger partial charge in [-0.2, -0.15) is 0 Å². The van der Waals surface area contributed by atoms with Crippen LogP contribution in [-0.2, 0) is 0 Å².